The second-order valence-electron chi connectivity index (χ2n) is 3.35. The fourth-order valence-electron chi connectivity index (χ4n) is 1.16. The number of nitrogens with zero attached hydrogens (tertiary/aromatic N) is 1. The van der Waals surface area contributed by atoms with Crippen LogP contribution in [0.5, 0.6) is 0 Å². The number of carbonyl (C=O) groups excluding carboxylic acids is 1. The maximum atomic E-state index is 11.5. The van der Waals surface area contributed by atoms with Crippen molar-refractivity contribution in [3.05, 3.63) is 20.8 Å². The quantitative estimate of drug-likeness (QED) is 0.908. The first-order chi connectivity index (χ1) is 7.49. The van der Waals surface area contributed by atoms with Crippen LogP contribution >= 0.6 is 27.3 Å². The van der Waals surface area contributed by atoms with Gasteiger partial charge in [0, 0.05) is 18.3 Å². The van der Waals surface area contributed by atoms with Crippen molar-refractivity contribution in [2.24, 2.45) is 0 Å². The highest BCUT2D eigenvalue weighted by Gasteiger charge is 2.11. The maximum absolute atomic E-state index is 11.5. The monoisotopic (exact) mass is 305 g/mol. The molecule has 0 unspecified atom stereocenters. The largest absolute Gasteiger partial charge is 0.481 e. The summed E-state index contributed by atoms with van der Waals surface area (Å²) in [5.41, 5.74) is 0. The molecule has 1 heterocycles. The normalized spacial score (nSPS) is 10.1. The molecule has 0 saturated carbocycles. The summed E-state index contributed by atoms with van der Waals surface area (Å²) < 4.78 is 1.02. The Balaban J connectivity index is 2.42. The summed E-state index contributed by atoms with van der Waals surface area (Å²) in [6.07, 6.45) is -0.0598. The van der Waals surface area contributed by atoms with E-state index in [1.165, 1.54) is 0 Å². The van der Waals surface area contributed by atoms with Gasteiger partial charge >= 0.3 is 5.97 Å². The molecule has 0 fully saturated rings. The highest BCUT2D eigenvalue weighted by atomic mass is 79.9. The minimum absolute atomic E-state index is 0.0539. The molecule has 0 bridgehead atoms. The van der Waals surface area contributed by atoms with Crippen LogP contribution in [-0.4, -0.2) is 28.9 Å². The molecular weight excluding hydrogens is 294 g/mol. The molecule has 0 atom stereocenters. The predicted octanol–water partition coefficient (Wildman–Crippen LogP) is 2.33. The van der Waals surface area contributed by atoms with Crippen molar-refractivity contribution >= 4 is 39.1 Å². The summed E-state index contributed by atoms with van der Waals surface area (Å²) in [5, 5.41) is 8.46. The van der Waals surface area contributed by atoms with Gasteiger partial charge in [0.25, 0.3) is 0 Å². The molecule has 0 radical (unpaired) electrons. The number of rotatable bonds is 5. The van der Waals surface area contributed by atoms with Gasteiger partial charge in [-0.05, 0) is 28.1 Å². The topological polar surface area (TPSA) is 57.6 Å². The van der Waals surface area contributed by atoms with Crippen LogP contribution in [0.1, 0.15) is 17.7 Å². The van der Waals surface area contributed by atoms with E-state index in [0.29, 0.717) is 6.54 Å². The van der Waals surface area contributed by atoms with Crippen molar-refractivity contribution in [2.75, 3.05) is 7.05 Å². The standard InChI is InChI=1S/C10H12BrNO3S/c1-12(9(13)4-5-10(14)15)6-7-2-3-8(11)16-7/h2-3H,4-6H2,1H3,(H,14,15). The summed E-state index contributed by atoms with van der Waals surface area (Å²) in [6, 6.07) is 3.87. The summed E-state index contributed by atoms with van der Waals surface area (Å²) in [4.78, 5) is 24.4. The summed E-state index contributed by atoms with van der Waals surface area (Å²) in [7, 11) is 1.68. The van der Waals surface area contributed by atoms with E-state index in [4.69, 9.17) is 5.11 Å². The van der Waals surface area contributed by atoms with Crippen LogP contribution in [0.3, 0.4) is 0 Å². The Kier molecular flexibility index (Phi) is 4.95. The van der Waals surface area contributed by atoms with Crippen LogP contribution in [0, 0.1) is 0 Å². The minimum Gasteiger partial charge on any atom is -0.481 e. The SMILES string of the molecule is CN(Cc1ccc(Br)s1)C(=O)CCC(=O)O. The van der Waals surface area contributed by atoms with Gasteiger partial charge in [0.15, 0.2) is 0 Å². The van der Waals surface area contributed by atoms with E-state index >= 15 is 0 Å². The van der Waals surface area contributed by atoms with E-state index in [0.717, 1.165) is 8.66 Å². The van der Waals surface area contributed by atoms with Crippen molar-refractivity contribution in [1.29, 1.82) is 0 Å². The smallest absolute Gasteiger partial charge is 0.303 e. The molecule has 0 spiro atoms. The lowest BCUT2D eigenvalue weighted by atomic mass is 10.3. The number of hydrogen-bond acceptors (Lipinski definition) is 3. The number of aliphatic carboxylic acids is 1. The average molecular weight is 306 g/mol. The van der Waals surface area contributed by atoms with Gasteiger partial charge in [-0.15, -0.1) is 11.3 Å². The third kappa shape index (κ3) is 4.32. The number of hydrogen-bond donors (Lipinski definition) is 1. The average Bonchev–Trinajstić information content (AvgIpc) is 2.60. The lowest BCUT2D eigenvalue weighted by Crippen LogP contribution is -2.26. The highest BCUT2D eigenvalue weighted by Crippen LogP contribution is 2.23. The first-order valence-electron chi connectivity index (χ1n) is 4.69. The van der Waals surface area contributed by atoms with Crippen molar-refractivity contribution in [2.45, 2.75) is 19.4 Å². The summed E-state index contributed by atoms with van der Waals surface area (Å²) in [5.74, 6) is -1.09. The zero-order valence-corrected chi connectivity index (χ0v) is 11.2. The molecule has 1 aromatic heterocycles. The molecule has 0 aliphatic heterocycles. The fourth-order valence-corrected chi connectivity index (χ4v) is 2.70. The Morgan fingerprint density at radius 1 is 1.44 bits per heavy atom. The van der Waals surface area contributed by atoms with Gasteiger partial charge in [0.05, 0.1) is 16.8 Å². The lowest BCUT2D eigenvalue weighted by molar-refractivity contribution is -0.140. The molecular formula is C10H12BrNO3S. The Morgan fingerprint density at radius 2 is 2.12 bits per heavy atom. The molecule has 6 heteroatoms. The van der Waals surface area contributed by atoms with E-state index in [-0.39, 0.29) is 18.7 Å². The van der Waals surface area contributed by atoms with Crippen molar-refractivity contribution in [1.82, 2.24) is 4.90 Å². The molecule has 4 nitrogen and oxygen atoms in total. The maximum Gasteiger partial charge on any atom is 0.303 e. The number of thiophene rings is 1. The van der Waals surface area contributed by atoms with Gasteiger partial charge in [0.1, 0.15) is 0 Å². The van der Waals surface area contributed by atoms with Gasteiger partial charge in [0.2, 0.25) is 5.91 Å². The number of carbonyl (C=O) groups is 2. The van der Waals surface area contributed by atoms with E-state index < -0.39 is 5.97 Å². The summed E-state index contributed by atoms with van der Waals surface area (Å²) in [6.45, 7) is 0.523. The van der Waals surface area contributed by atoms with Crippen LogP contribution < -0.4 is 0 Å². The van der Waals surface area contributed by atoms with Crippen LogP contribution in [0.25, 0.3) is 0 Å². The van der Waals surface area contributed by atoms with Crippen molar-refractivity contribution in [3.63, 3.8) is 0 Å². The number of amides is 1. The van der Waals surface area contributed by atoms with Crippen LogP contribution in [0.4, 0.5) is 0 Å². The zero-order chi connectivity index (χ0) is 12.1. The zero-order valence-electron chi connectivity index (χ0n) is 8.77. The Morgan fingerprint density at radius 3 is 2.62 bits per heavy atom. The highest BCUT2D eigenvalue weighted by molar-refractivity contribution is 9.11. The van der Waals surface area contributed by atoms with Crippen LogP contribution in [-0.2, 0) is 16.1 Å². The molecule has 1 amide bonds. The van der Waals surface area contributed by atoms with E-state index in [1.54, 1.807) is 23.3 Å². The fraction of sp³-hybridized carbons (Fsp3) is 0.400. The summed E-state index contributed by atoms with van der Waals surface area (Å²) >= 11 is 4.91. The number of halogens is 1. The minimum atomic E-state index is -0.944. The molecule has 1 rings (SSSR count). The van der Waals surface area contributed by atoms with Gasteiger partial charge in [-0.2, -0.15) is 0 Å². The predicted molar refractivity (Wildman–Crippen MR) is 65.4 cm³/mol. The second kappa shape index (κ2) is 6.00. The van der Waals surface area contributed by atoms with Gasteiger partial charge in [-0.1, -0.05) is 0 Å². The van der Waals surface area contributed by atoms with E-state index in [9.17, 15) is 9.59 Å². The third-order valence-electron chi connectivity index (χ3n) is 2.00. The Bertz CT molecular complexity index is 391. The third-order valence-corrected chi connectivity index (χ3v) is 3.61. The number of carboxylic acids is 1. The Hall–Kier alpha value is -0.880. The number of carboxylic acid groups (broad SMARTS) is 1. The van der Waals surface area contributed by atoms with Crippen LogP contribution in [0.2, 0.25) is 0 Å². The lowest BCUT2D eigenvalue weighted by Gasteiger charge is -2.15. The van der Waals surface area contributed by atoms with Crippen molar-refractivity contribution in [3.8, 4) is 0 Å². The van der Waals surface area contributed by atoms with E-state index in [1.807, 2.05) is 12.1 Å². The molecule has 0 aliphatic rings. The molecule has 1 N–H and O–H groups in total. The van der Waals surface area contributed by atoms with Gasteiger partial charge in [-0.3, -0.25) is 9.59 Å². The Labute approximate surface area is 106 Å². The molecule has 0 saturated heterocycles. The van der Waals surface area contributed by atoms with Crippen molar-refractivity contribution < 1.29 is 14.7 Å². The van der Waals surface area contributed by atoms with E-state index in [2.05, 4.69) is 15.9 Å². The van der Waals surface area contributed by atoms with Gasteiger partial charge in [-0.25, -0.2) is 0 Å². The first kappa shape index (κ1) is 13.2. The molecule has 88 valence electrons. The molecule has 0 aliphatic carbocycles. The first-order valence-corrected chi connectivity index (χ1v) is 6.30. The van der Waals surface area contributed by atoms with Gasteiger partial charge < -0.3 is 10.0 Å². The second-order valence-corrected chi connectivity index (χ2v) is 5.90. The molecule has 1 aromatic rings. The molecule has 0 aromatic carbocycles. The molecule has 16 heavy (non-hydrogen) atoms. The van der Waals surface area contributed by atoms with Crippen LogP contribution in [0.15, 0.2) is 15.9 Å².